The van der Waals surface area contributed by atoms with E-state index in [0.29, 0.717) is 11.2 Å². The van der Waals surface area contributed by atoms with Crippen LogP contribution in [0.3, 0.4) is 0 Å². The summed E-state index contributed by atoms with van der Waals surface area (Å²) in [5.74, 6) is -0.00569. The molecule has 140 valence electrons. The van der Waals surface area contributed by atoms with E-state index in [1.807, 2.05) is 4.90 Å². The van der Waals surface area contributed by atoms with Crippen molar-refractivity contribution in [1.29, 1.82) is 0 Å². The van der Waals surface area contributed by atoms with Crippen molar-refractivity contribution in [2.75, 3.05) is 11.6 Å². The molecule has 2 aromatic rings. The van der Waals surface area contributed by atoms with Crippen molar-refractivity contribution in [2.24, 2.45) is 0 Å². The standard InChI is InChI=1S/C17H19BrClFN4O2/c1-17(2,3)26-16(25)23-8-24(9-4-5-9)15-10-6-11(19)12(18)13(20)14(10)21-7-22-15/h6-7,9H,4-5,8H2,1-3H3,(H,23,25). The summed E-state index contributed by atoms with van der Waals surface area (Å²) in [6, 6.07) is 1.84. The SMILES string of the molecule is CC(C)(C)OC(=O)NCN(c1ncnc2c(F)c(Br)c(Cl)cc12)C1CC1. The van der Waals surface area contributed by atoms with Gasteiger partial charge >= 0.3 is 6.09 Å². The van der Waals surface area contributed by atoms with Crippen LogP contribution in [0.15, 0.2) is 16.9 Å². The van der Waals surface area contributed by atoms with Crippen LogP contribution in [0.4, 0.5) is 15.0 Å². The molecule has 0 atom stereocenters. The van der Waals surface area contributed by atoms with Crippen molar-refractivity contribution in [2.45, 2.75) is 45.3 Å². The third-order valence-electron chi connectivity index (χ3n) is 3.80. The van der Waals surface area contributed by atoms with Gasteiger partial charge < -0.3 is 15.0 Å². The Balaban J connectivity index is 1.90. The maximum Gasteiger partial charge on any atom is 0.409 e. The van der Waals surface area contributed by atoms with E-state index in [4.69, 9.17) is 16.3 Å². The molecule has 1 saturated carbocycles. The van der Waals surface area contributed by atoms with E-state index in [1.165, 1.54) is 6.33 Å². The summed E-state index contributed by atoms with van der Waals surface area (Å²) in [7, 11) is 0. The minimum Gasteiger partial charge on any atom is -0.444 e. The first-order valence-corrected chi connectivity index (χ1v) is 9.36. The molecule has 0 spiro atoms. The number of anilines is 1. The average molecular weight is 446 g/mol. The summed E-state index contributed by atoms with van der Waals surface area (Å²) < 4.78 is 19.9. The third-order valence-corrected chi connectivity index (χ3v) is 5.10. The fourth-order valence-electron chi connectivity index (χ4n) is 2.55. The number of hydrogen-bond acceptors (Lipinski definition) is 5. The molecule has 1 amide bonds. The van der Waals surface area contributed by atoms with Gasteiger partial charge in [-0.05, 0) is 55.6 Å². The van der Waals surface area contributed by atoms with Gasteiger partial charge in [-0.15, -0.1) is 0 Å². The molecule has 1 aromatic heterocycles. The molecule has 1 aliphatic rings. The number of alkyl carbamates (subject to hydrolysis) is 1. The summed E-state index contributed by atoms with van der Waals surface area (Å²) in [6.07, 6.45) is 2.72. The van der Waals surface area contributed by atoms with Crippen molar-refractivity contribution >= 4 is 50.3 Å². The first-order valence-electron chi connectivity index (χ1n) is 8.19. The molecule has 0 bridgehead atoms. The number of carbonyl (C=O) groups excluding carboxylic acids is 1. The highest BCUT2D eigenvalue weighted by molar-refractivity contribution is 9.10. The van der Waals surface area contributed by atoms with Gasteiger partial charge in [-0.1, -0.05) is 11.6 Å². The zero-order valence-electron chi connectivity index (χ0n) is 14.6. The highest BCUT2D eigenvalue weighted by atomic mass is 79.9. The predicted octanol–water partition coefficient (Wildman–Crippen LogP) is 4.64. The Bertz CT molecular complexity index is 855. The number of fused-ring (bicyclic) bond motifs is 1. The molecule has 1 aromatic carbocycles. The van der Waals surface area contributed by atoms with Crippen LogP contribution in [-0.4, -0.2) is 34.4 Å². The van der Waals surface area contributed by atoms with E-state index in [9.17, 15) is 9.18 Å². The van der Waals surface area contributed by atoms with Gasteiger partial charge in [-0.2, -0.15) is 0 Å². The summed E-state index contributed by atoms with van der Waals surface area (Å²) in [4.78, 5) is 22.2. The molecular formula is C17H19BrClFN4O2. The summed E-state index contributed by atoms with van der Waals surface area (Å²) in [5.41, 5.74) is -0.409. The first kappa shape index (κ1) is 19.1. The van der Waals surface area contributed by atoms with Crippen LogP contribution in [0.25, 0.3) is 10.9 Å². The molecule has 6 nitrogen and oxygen atoms in total. The number of halogens is 3. The number of carbonyl (C=O) groups is 1. The van der Waals surface area contributed by atoms with Gasteiger partial charge in [-0.25, -0.2) is 19.2 Å². The van der Waals surface area contributed by atoms with Crippen molar-refractivity contribution in [1.82, 2.24) is 15.3 Å². The second-order valence-electron chi connectivity index (χ2n) is 7.12. The molecule has 0 aliphatic heterocycles. The van der Waals surface area contributed by atoms with Gasteiger partial charge in [0, 0.05) is 11.4 Å². The monoisotopic (exact) mass is 444 g/mol. The molecular weight excluding hydrogens is 427 g/mol. The number of benzene rings is 1. The number of aromatic nitrogens is 2. The second-order valence-corrected chi connectivity index (χ2v) is 8.32. The van der Waals surface area contributed by atoms with Crippen molar-refractivity contribution < 1.29 is 13.9 Å². The van der Waals surface area contributed by atoms with E-state index in [-0.39, 0.29) is 27.7 Å². The number of amides is 1. The lowest BCUT2D eigenvalue weighted by molar-refractivity contribution is 0.0527. The van der Waals surface area contributed by atoms with Gasteiger partial charge in [0.15, 0.2) is 5.82 Å². The zero-order valence-corrected chi connectivity index (χ0v) is 17.0. The molecule has 1 fully saturated rings. The Kier molecular flexibility index (Phi) is 5.25. The topological polar surface area (TPSA) is 67.3 Å². The molecule has 3 rings (SSSR count). The van der Waals surface area contributed by atoms with Crippen LogP contribution >= 0.6 is 27.5 Å². The Morgan fingerprint density at radius 2 is 2.15 bits per heavy atom. The minimum atomic E-state index is -0.584. The Morgan fingerprint density at radius 3 is 2.77 bits per heavy atom. The summed E-state index contributed by atoms with van der Waals surface area (Å²) in [6.45, 7) is 5.59. The normalized spacial score (nSPS) is 14.4. The number of hydrogen-bond donors (Lipinski definition) is 1. The Hall–Kier alpha value is -1.67. The highest BCUT2D eigenvalue weighted by Crippen LogP contribution is 2.37. The fourth-order valence-corrected chi connectivity index (χ4v) is 3.04. The van der Waals surface area contributed by atoms with E-state index in [1.54, 1.807) is 26.8 Å². The zero-order chi connectivity index (χ0) is 19.1. The molecule has 0 unspecified atom stereocenters. The van der Waals surface area contributed by atoms with Crippen LogP contribution in [0.5, 0.6) is 0 Å². The molecule has 9 heteroatoms. The maximum absolute atomic E-state index is 14.5. The van der Waals surface area contributed by atoms with Crippen LogP contribution in [0, 0.1) is 5.82 Å². The number of ether oxygens (including phenoxy) is 1. The molecule has 26 heavy (non-hydrogen) atoms. The molecule has 1 N–H and O–H groups in total. The summed E-state index contributed by atoms with van der Waals surface area (Å²) in [5, 5.41) is 3.47. The largest absolute Gasteiger partial charge is 0.444 e. The lowest BCUT2D eigenvalue weighted by Crippen LogP contribution is -2.42. The minimum absolute atomic E-state index is 0.168. The first-order chi connectivity index (χ1) is 12.2. The van der Waals surface area contributed by atoms with Crippen LogP contribution < -0.4 is 10.2 Å². The smallest absolute Gasteiger partial charge is 0.409 e. The summed E-state index contributed by atoms with van der Waals surface area (Å²) >= 11 is 9.24. The second kappa shape index (κ2) is 7.15. The molecule has 0 radical (unpaired) electrons. The van der Waals surface area contributed by atoms with Crippen LogP contribution in [0.1, 0.15) is 33.6 Å². The Labute approximate surface area is 164 Å². The van der Waals surface area contributed by atoms with E-state index >= 15 is 0 Å². The quantitative estimate of drug-likeness (QED) is 0.549. The average Bonchev–Trinajstić information content (AvgIpc) is 3.36. The number of nitrogens with zero attached hydrogens (tertiary/aromatic N) is 3. The van der Waals surface area contributed by atoms with E-state index < -0.39 is 17.5 Å². The maximum atomic E-state index is 14.5. The van der Waals surface area contributed by atoms with Gasteiger partial charge in [0.2, 0.25) is 0 Å². The van der Waals surface area contributed by atoms with Gasteiger partial charge in [-0.3, -0.25) is 0 Å². The van der Waals surface area contributed by atoms with Crippen LogP contribution in [0.2, 0.25) is 5.02 Å². The number of rotatable bonds is 4. The van der Waals surface area contributed by atoms with Gasteiger partial charge in [0.05, 0.1) is 16.2 Å². The highest BCUT2D eigenvalue weighted by Gasteiger charge is 2.32. The lowest BCUT2D eigenvalue weighted by atomic mass is 10.2. The van der Waals surface area contributed by atoms with E-state index in [2.05, 4.69) is 31.2 Å². The van der Waals surface area contributed by atoms with Crippen LogP contribution in [-0.2, 0) is 4.74 Å². The van der Waals surface area contributed by atoms with Crippen molar-refractivity contribution in [3.05, 3.63) is 27.7 Å². The Morgan fingerprint density at radius 1 is 1.46 bits per heavy atom. The van der Waals surface area contributed by atoms with Gasteiger partial charge in [0.1, 0.15) is 23.3 Å². The lowest BCUT2D eigenvalue weighted by Gasteiger charge is -2.26. The predicted molar refractivity (Wildman–Crippen MR) is 102 cm³/mol. The fraction of sp³-hybridized carbons (Fsp3) is 0.471. The van der Waals surface area contributed by atoms with Gasteiger partial charge in [0.25, 0.3) is 0 Å². The van der Waals surface area contributed by atoms with Crippen molar-refractivity contribution in [3.63, 3.8) is 0 Å². The molecule has 1 aliphatic carbocycles. The number of nitrogens with one attached hydrogen (secondary N) is 1. The van der Waals surface area contributed by atoms with E-state index in [0.717, 1.165) is 12.8 Å². The van der Waals surface area contributed by atoms with Crippen molar-refractivity contribution in [3.8, 4) is 0 Å². The molecule has 1 heterocycles. The molecule has 0 saturated heterocycles. The third kappa shape index (κ3) is 4.17.